The lowest BCUT2D eigenvalue weighted by Gasteiger charge is -2.47. The Bertz CT molecular complexity index is 808. The average Bonchev–Trinajstić information content (AvgIpc) is 3.08. The predicted octanol–water partition coefficient (Wildman–Crippen LogP) is 4.09. The minimum absolute atomic E-state index is 0.109. The van der Waals surface area contributed by atoms with E-state index in [2.05, 4.69) is 41.4 Å². The highest BCUT2D eigenvalue weighted by atomic mass is 32.1. The fourth-order valence-electron chi connectivity index (χ4n) is 4.47. The van der Waals surface area contributed by atoms with Gasteiger partial charge in [-0.15, -0.1) is 11.3 Å². The van der Waals surface area contributed by atoms with Crippen LogP contribution in [0.3, 0.4) is 0 Å². The number of piperidine rings is 1. The van der Waals surface area contributed by atoms with Crippen LogP contribution in [0.25, 0.3) is 0 Å². The second-order valence-electron chi connectivity index (χ2n) is 7.89. The van der Waals surface area contributed by atoms with Gasteiger partial charge in [0.2, 0.25) is 5.91 Å². The van der Waals surface area contributed by atoms with Crippen LogP contribution in [0.1, 0.15) is 46.9 Å². The number of rotatable bonds is 4. The zero-order chi connectivity index (χ0) is 18.9. The Morgan fingerprint density at radius 3 is 2.74 bits per heavy atom. The van der Waals surface area contributed by atoms with Crippen LogP contribution < -0.4 is 10.1 Å². The first kappa shape index (κ1) is 18.5. The lowest BCUT2D eigenvalue weighted by molar-refractivity contribution is -0.121. The standard InChI is InChI=1S/C22H28N2O2S/c1-16-7-8-18(27-16)15-24-11-9-22(10-12-24)14-17(13-21(25)23-2)19-5-3-4-6-20(19)26-22/h3-8,17H,9-15H2,1-2H3,(H,23,25)/t17-/m0/s1. The summed E-state index contributed by atoms with van der Waals surface area (Å²) in [5, 5.41) is 2.78. The van der Waals surface area contributed by atoms with Gasteiger partial charge in [0, 0.05) is 48.8 Å². The van der Waals surface area contributed by atoms with Crippen molar-refractivity contribution < 1.29 is 9.53 Å². The summed E-state index contributed by atoms with van der Waals surface area (Å²) < 4.78 is 6.55. The molecule has 2 aromatic rings. The summed E-state index contributed by atoms with van der Waals surface area (Å²) in [6, 6.07) is 12.7. The van der Waals surface area contributed by atoms with Crippen molar-refractivity contribution in [3.05, 3.63) is 51.7 Å². The second kappa shape index (κ2) is 7.64. The number of nitrogens with zero attached hydrogens (tertiary/aromatic N) is 1. The number of thiophene rings is 1. The number of hydrogen-bond donors (Lipinski definition) is 1. The number of carbonyl (C=O) groups excluding carboxylic acids is 1. The van der Waals surface area contributed by atoms with Crippen LogP contribution in [-0.4, -0.2) is 36.5 Å². The van der Waals surface area contributed by atoms with Crippen molar-refractivity contribution in [3.8, 4) is 5.75 Å². The van der Waals surface area contributed by atoms with Crippen molar-refractivity contribution in [3.63, 3.8) is 0 Å². The Balaban J connectivity index is 1.46. The zero-order valence-electron chi connectivity index (χ0n) is 16.2. The van der Waals surface area contributed by atoms with E-state index in [1.807, 2.05) is 23.5 Å². The van der Waals surface area contributed by atoms with E-state index in [0.29, 0.717) is 6.42 Å². The number of amides is 1. The first-order chi connectivity index (χ1) is 13.1. The van der Waals surface area contributed by atoms with Crippen molar-refractivity contribution in [2.75, 3.05) is 20.1 Å². The molecule has 0 unspecified atom stereocenters. The zero-order valence-corrected chi connectivity index (χ0v) is 17.0. The normalized spacial score (nSPS) is 21.5. The molecule has 3 heterocycles. The molecule has 1 spiro atoms. The van der Waals surface area contributed by atoms with Gasteiger partial charge < -0.3 is 10.1 Å². The number of para-hydroxylation sites is 1. The third-order valence-corrected chi connectivity index (χ3v) is 6.94. The van der Waals surface area contributed by atoms with E-state index in [1.54, 1.807) is 7.05 Å². The topological polar surface area (TPSA) is 41.6 Å². The first-order valence-corrected chi connectivity index (χ1v) is 10.6. The van der Waals surface area contributed by atoms with Crippen molar-refractivity contribution in [2.24, 2.45) is 0 Å². The third kappa shape index (κ3) is 4.04. The Kier molecular flexibility index (Phi) is 5.24. The summed E-state index contributed by atoms with van der Waals surface area (Å²) in [6.07, 6.45) is 3.52. The molecule has 144 valence electrons. The van der Waals surface area contributed by atoms with Crippen molar-refractivity contribution in [1.82, 2.24) is 10.2 Å². The minimum Gasteiger partial charge on any atom is -0.487 e. The average molecular weight is 385 g/mol. The number of benzene rings is 1. The molecule has 1 N–H and O–H groups in total. The van der Waals surface area contributed by atoms with Crippen LogP contribution in [0.2, 0.25) is 0 Å². The molecule has 0 aliphatic carbocycles. The minimum atomic E-state index is -0.130. The quantitative estimate of drug-likeness (QED) is 0.863. The lowest BCUT2D eigenvalue weighted by atomic mass is 9.76. The van der Waals surface area contributed by atoms with Crippen LogP contribution in [-0.2, 0) is 11.3 Å². The Hall–Kier alpha value is -1.85. The van der Waals surface area contributed by atoms with Crippen LogP contribution >= 0.6 is 11.3 Å². The van der Waals surface area contributed by atoms with Gasteiger partial charge >= 0.3 is 0 Å². The largest absolute Gasteiger partial charge is 0.487 e. The molecular weight excluding hydrogens is 356 g/mol. The number of hydrogen-bond acceptors (Lipinski definition) is 4. The monoisotopic (exact) mass is 384 g/mol. The molecule has 1 amide bonds. The van der Waals surface area contributed by atoms with E-state index < -0.39 is 0 Å². The molecule has 1 saturated heterocycles. The summed E-state index contributed by atoms with van der Waals surface area (Å²) in [7, 11) is 1.72. The lowest BCUT2D eigenvalue weighted by Crippen LogP contribution is -2.50. The van der Waals surface area contributed by atoms with Crippen LogP contribution in [0, 0.1) is 6.92 Å². The van der Waals surface area contributed by atoms with E-state index in [-0.39, 0.29) is 17.4 Å². The van der Waals surface area contributed by atoms with Crippen molar-refractivity contribution in [2.45, 2.75) is 50.7 Å². The third-order valence-electron chi connectivity index (χ3n) is 5.96. The predicted molar refractivity (Wildman–Crippen MR) is 109 cm³/mol. The van der Waals surface area contributed by atoms with Gasteiger partial charge in [-0.2, -0.15) is 0 Å². The first-order valence-electron chi connectivity index (χ1n) is 9.83. The van der Waals surface area contributed by atoms with Gasteiger partial charge in [-0.1, -0.05) is 18.2 Å². The summed E-state index contributed by atoms with van der Waals surface area (Å²) in [5.41, 5.74) is 1.05. The summed E-state index contributed by atoms with van der Waals surface area (Å²) >= 11 is 1.89. The molecule has 27 heavy (non-hydrogen) atoms. The van der Waals surface area contributed by atoms with Gasteiger partial charge in [-0.25, -0.2) is 0 Å². The SMILES string of the molecule is CNC(=O)C[C@H]1CC2(CCN(Cc3ccc(C)s3)CC2)Oc2ccccc21. The number of aryl methyl sites for hydroxylation is 1. The number of nitrogens with one attached hydrogen (secondary N) is 1. The molecule has 0 bridgehead atoms. The van der Waals surface area contributed by atoms with Gasteiger partial charge in [-0.3, -0.25) is 9.69 Å². The van der Waals surface area contributed by atoms with E-state index in [9.17, 15) is 4.79 Å². The van der Waals surface area contributed by atoms with Gasteiger partial charge in [0.15, 0.2) is 0 Å². The molecule has 1 atom stereocenters. The summed E-state index contributed by atoms with van der Waals surface area (Å²) in [5.74, 6) is 1.32. The number of likely N-dealkylation sites (tertiary alicyclic amines) is 1. The molecule has 4 nitrogen and oxygen atoms in total. The van der Waals surface area contributed by atoms with Crippen molar-refractivity contribution in [1.29, 1.82) is 0 Å². The molecule has 1 aromatic carbocycles. The Labute approximate surface area is 165 Å². The molecule has 0 radical (unpaired) electrons. The molecule has 4 rings (SSSR count). The number of ether oxygens (including phenoxy) is 1. The van der Waals surface area contributed by atoms with E-state index >= 15 is 0 Å². The molecule has 1 fully saturated rings. The fraction of sp³-hybridized carbons (Fsp3) is 0.500. The van der Waals surface area contributed by atoms with Gasteiger partial charge in [0.25, 0.3) is 0 Å². The maximum Gasteiger partial charge on any atom is 0.220 e. The number of carbonyl (C=O) groups is 1. The number of fused-ring (bicyclic) bond motifs is 1. The highest BCUT2D eigenvalue weighted by Crippen LogP contribution is 2.46. The Morgan fingerprint density at radius 2 is 2.04 bits per heavy atom. The van der Waals surface area contributed by atoms with Gasteiger partial charge in [0.1, 0.15) is 11.4 Å². The molecule has 2 aliphatic heterocycles. The summed E-state index contributed by atoms with van der Waals surface area (Å²) in [6.45, 7) is 5.30. The van der Waals surface area contributed by atoms with E-state index in [4.69, 9.17) is 4.74 Å². The summed E-state index contributed by atoms with van der Waals surface area (Å²) in [4.78, 5) is 17.4. The molecule has 2 aliphatic rings. The maximum atomic E-state index is 12.1. The van der Waals surface area contributed by atoms with Gasteiger partial charge in [-0.05, 0) is 49.9 Å². The molecule has 1 aromatic heterocycles. The highest BCUT2D eigenvalue weighted by molar-refractivity contribution is 7.11. The highest BCUT2D eigenvalue weighted by Gasteiger charge is 2.43. The fourth-order valence-corrected chi connectivity index (χ4v) is 5.40. The van der Waals surface area contributed by atoms with Gasteiger partial charge in [0.05, 0.1) is 0 Å². The van der Waals surface area contributed by atoms with E-state index in [0.717, 1.165) is 44.6 Å². The second-order valence-corrected chi connectivity index (χ2v) is 9.26. The van der Waals surface area contributed by atoms with Crippen LogP contribution in [0.4, 0.5) is 0 Å². The van der Waals surface area contributed by atoms with E-state index in [1.165, 1.54) is 15.3 Å². The van der Waals surface area contributed by atoms with Crippen molar-refractivity contribution >= 4 is 17.2 Å². The van der Waals surface area contributed by atoms with Crippen LogP contribution in [0.15, 0.2) is 36.4 Å². The molecule has 0 saturated carbocycles. The van der Waals surface area contributed by atoms with Crippen LogP contribution in [0.5, 0.6) is 5.75 Å². The Morgan fingerprint density at radius 1 is 1.26 bits per heavy atom. The molecule has 5 heteroatoms. The molecular formula is C22H28N2O2S. The maximum absolute atomic E-state index is 12.1. The smallest absolute Gasteiger partial charge is 0.220 e.